The second-order valence-corrected chi connectivity index (χ2v) is 7.82. The van der Waals surface area contributed by atoms with Crippen molar-refractivity contribution in [2.45, 2.75) is 0 Å². The van der Waals surface area contributed by atoms with E-state index in [0.29, 0.717) is 4.90 Å². The number of carbonyl (C=O) groups is 4. The molecule has 0 saturated heterocycles. The molecule has 0 aromatic heterocycles. The zero-order valence-electron chi connectivity index (χ0n) is 19.2. The Morgan fingerprint density at radius 3 is 2.03 bits per heavy atom. The number of nitro groups is 2. The number of ether oxygens (including phenoxy) is 1. The Hall–Kier alpha value is -5.72. The molecule has 1 aliphatic heterocycles. The molecule has 38 heavy (non-hydrogen) atoms. The Kier molecular flexibility index (Phi) is 7.01. The highest BCUT2D eigenvalue weighted by Gasteiger charge is 2.36. The van der Waals surface area contributed by atoms with Crippen molar-refractivity contribution in [2.24, 2.45) is 0 Å². The summed E-state index contributed by atoms with van der Waals surface area (Å²) < 4.78 is 5.13. The highest BCUT2D eigenvalue weighted by Crippen LogP contribution is 2.23. The first-order chi connectivity index (χ1) is 18.2. The Labute approximate surface area is 213 Å². The van der Waals surface area contributed by atoms with Gasteiger partial charge in [-0.2, -0.15) is 0 Å². The molecule has 13 nitrogen and oxygen atoms in total. The number of fused-ring (bicyclic) bond motifs is 1. The predicted molar refractivity (Wildman–Crippen MR) is 130 cm³/mol. The molecule has 0 aliphatic carbocycles. The van der Waals surface area contributed by atoms with E-state index in [4.69, 9.17) is 4.74 Å². The summed E-state index contributed by atoms with van der Waals surface area (Å²) in [6, 6.07) is 15.9. The van der Waals surface area contributed by atoms with Crippen molar-refractivity contribution in [1.82, 2.24) is 10.2 Å². The van der Waals surface area contributed by atoms with Crippen LogP contribution >= 0.6 is 0 Å². The quantitative estimate of drug-likeness (QED) is 0.155. The van der Waals surface area contributed by atoms with E-state index < -0.39 is 46.0 Å². The number of nitrogens with zero attached hydrogens (tertiary/aromatic N) is 3. The zero-order valence-corrected chi connectivity index (χ0v) is 19.2. The lowest BCUT2D eigenvalue weighted by Gasteiger charge is -2.15. The van der Waals surface area contributed by atoms with Gasteiger partial charge >= 0.3 is 5.97 Å². The SMILES string of the molecule is O=C(OCN1C(=O)c2ccccc2C1=O)/C(=C/c1cccc([N+](=O)[O-])c1)NC(=O)c1cccc([N+](=O)[O-])c1. The number of carbonyl (C=O) groups excluding carboxylic acids is 4. The minimum absolute atomic E-state index is 0.139. The Balaban J connectivity index is 1.59. The van der Waals surface area contributed by atoms with E-state index in [1.807, 2.05) is 0 Å². The average molecular weight is 516 g/mol. The number of rotatable bonds is 8. The number of nitrogens with one attached hydrogen (secondary N) is 1. The van der Waals surface area contributed by atoms with Crippen molar-refractivity contribution in [3.63, 3.8) is 0 Å². The van der Waals surface area contributed by atoms with E-state index in [1.165, 1.54) is 48.5 Å². The first-order valence-electron chi connectivity index (χ1n) is 10.8. The van der Waals surface area contributed by atoms with Gasteiger partial charge in [-0.3, -0.25) is 34.6 Å². The molecule has 3 aromatic carbocycles. The van der Waals surface area contributed by atoms with Gasteiger partial charge in [-0.05, 0) is 29.8 Å². The molecule has 1 aliphatic rings. The number of non-ortho nitro benzene ring substituents is 2. The van der Waals surface area contributed by atoms with Crippen molar-refractivity contribution in [3.8, 4) is 0 Å². The Morgan fingerprint density at radius 2 is 1.42 bits per heavy atom. The fourth-order valence-electron chi connectivity index (χ4n) is 3.55. The molecule has 4 rings (SSSR count). The molecule has 0 atom stereocenters. The van der Waals surface area contributed by atoms with Gasteiger partial charge in [0, 0.05) is 29.8 Å². The summed E-state index contributed by atoms with van der Waals surface area (Å²) in [4.78, 5) is 72.4. The molecule has 3 aromatic rings. The smallest absolute Gasteiger partial charge is 0.356 e. The maximum atomic E-state index is 13.0. The summed E-state index contributed by atoms with van der Waals surface area (Å²) in [5.41, 5.74) is -0.889. The van der Waals surface area contributed by atoms with Crippen LogP contribution in [0.5, 0.6) is 0 Å². The molecule has 1 heterocycles. The molecule has 190 valence electrons. The highest BCUT2D eigenvalue weighted by molar-refractivity contribution is 6.21. The van der Waals surface area contributed by atoms with Crippen LogP contribution in [-0.2, 0) is 9.53 Å². The molecule has 0 fully saturated rings. The van der Waals surface area contributed by atoms with Crippen LogP contribution in [0, 0.1) is 20.2 Å². The van der Waals surface area contributed by atoms with Crippen molar-refractivity contribution in [1.29, 1.82) is 0 Å². The van der Waals surface area contributed by atoms with E-state index in [9.17, 15) is 39.4 Å². The number of benzene rings is 3. The number of esters is 1. The van der Waals surface area contributed by atoms with Crippen LogP contribution < -0.4 is 5.32 Å². The third kappa shape index (κ3) is 5.26. The minimum Gasteiger partial charge on any atom is -0.439 e. The molecule has 0 bridgehead atoms. The summed E-state index contributed by atoms with van der Waals surface area (Å²) >= 11 is 0. The van der Waals surface area contributed by atoms with Crippen molar-refractivity contribution in [3.05, 3.63) is 121 Å². The monoisotopic (exact) mass is 516 g/mol. The third-order valence-electron chi connectivity index (χ3n) is 5.38. The summed E-state index contributed by atoms with van der Waals surface area (Å²) in [5.74, 6) is -3.44. The second-order valence-electron chi connectivity index (χ2n) is 7.82. The fourth-order valence-corrected chi connectivity index (χ4v) is 3.55. The number of imide groups is 1. The molecule has 0 radical (unpaired) electrons. The van der Waals surface area contributed by atoms with Gasteiger partial charge in [-0.25, -0.2) is 9.69 Å². The maximum absolute atomic E-state index is 13.0. The lowest BCUT2D eigenvalue weighted by Crippen LogP contribution is -2.35. The topological polar surface area (TPSA) is 179 Å². The molecular formula is C25H16N4O9. The van der Waals surface area contributed by atoms with Crippen LogP contribution in [0.2, 0.25) is 0 Å². The Morgan fingerprint density at radius 1 is 0.842 bits per heavy atom. The van der Waals surface area contributed by atoms with Crippen molar-refractivity contribution >= 4 is 41.1 Å². The van der Waals surface area contributed by atoms with Gasteiger partial charge in [0.2, 0.25) is 0 Å². The largest absolute Gasteiger partial charge is 0.439 e. The van der Waals surface area contributed by atoms with Gasteiger partial charge in [0.25, 0.3) is 29.1 Å². The number of nitro benzene ring substituents is 2. The van der Waals surface area contributed by atoms with E-state index in [-0.39, 0.29) is 33.6 Å². The normalized spacial score (nSPS) is 12.6. The molecule has 3 amide bonds. The summed E-state index contributed by atoms with van der Waals surface area (Å²) in [5, 5.41) is 24.5. The van der Waals surface area contributed by atoms with Crippen molar-refractivity contribution < 1.29 is 33.8 Å². The van der Waals surface area contributed by atoms with E-state index >= 15 is 0 Å². The summed E-state index contributed by atoms with van der Waals surface area (Å²) in [6.45, 7) is -0.774. The first-order valence-corrected chi connectivity index (χ1v) is 10.8. The lowest BCUT2D eigenvalue weighted by atomic mass is 10.1. The molecular weight excluding hydrogens is 500 g/mol. The molecule has 0 saturated carbocycles. The van der Waals surface area contributed by atoms with Crippen molar-refractivity contribution in [2.75, 3.05) is 6.73 Å². The van der Waals surface area contributed by atoms with Crippen LogP contribution in [0.15, 0.2) is 78.5 Å². The minimum atomic E-state index is -1.17. The summed E-state index contributed by atoms with van der Waals surface area (Å²) in [7, 11) is 0. The van der Waals surface area contributed by atoms with E-state index in [0.717, 1.165) is 18.2 Å². The summed E-state index contributed by atoms with van der Waals surface area (Å²) in [6.07, 6.45) is 1.09. The average Bonchev–Trinajstić information content (AvgIpc) is 3.16. The number of hydrogen-bond donors (Lipinski definition) is 1. The lowest BCUT2D eigenvalue weighted by molar-refractivity contribution is -0.385. The van der Waals surface area contributed by atoms with Gasteiger partial charge < -0.3 is 10.1 Å². The molecule has 1 N–H and O–H groups in total. The van der Waals surface area contributed by atoms with Gasteiger partial charge in [0.05, 0.1) is 21.0 Å². The molecule has 0 spiro atoms. The standard InChI is InChI=1S/C25H16N4O9/c30-22(16-6-4-8-18(13-16)29(36)37)26-21(12-15-5-3-7-17(11-15)28(34)35)25(33)38-14-27-23(31)19-9-1-2-10-20(19)24(27)32/h1-13H,14H2,(H,26,30)/b21-12-. The zero-order chi connectivity index (χ0) is 27.4. The van der Waals surface area contributed by atoms with Crippen LogP contribution in [-0.4, -0.2) is 45.2 Å². The third-order valence-corrected chi connectivity index (χ3v) is 5.38. The fraction of sp³-hybridized carbons (Fsp3) is 0.0400. The van der Waals surface area contributed by atoms with Crippen LogP contribution in [0.4, 0.5) is 11.4 Å². The number of amides is 3. The number of hydrogen-bond acceptors (Lipinski definition) is 9. The second kappa shape index (κ2) is 10.5. The van der Waals surface area contributed by atoms with Gasteiger partial charge in [-0.1, -0.05) is 30.3 Å². The van der Waals surface area contributed by atoms with E-state index in [1.54, 1.807) is 12.1 Å². The molecule has 13 heteroatoms. The Bertz CT molecular complexity index is 1510. The van der Waals surface area contributed by atoms with Crippen LogP contribution in [0.1, 0.15) is 36.6 Å². The van der Waals surface area contributed by atoms with Gasteiger partial charge in [0.1, 0.15) is 5.70 Å². The predicted octanol–water partition coefficient (Wildman–Crippen LogP) is 3.07. The van der Waals surface area contributed by atoms with Crippen LogP contribution in [0.3, 0.4) is 0 Å². The van der Waals surface area contributed by atoms with Crippen LogP contribution in [0.25, 0.3) is 6.08 Å². The van der Waals surface area contributed by atoms with Gasteiger partial charge in [-0.15, -0.1) is 0 Å². The highest BCUT2D eigenvalue weighted by atomic mass is 16.6. The maximum Gasteiger partial charge on any atom is 0.356 e. The molecule has 0 unspecified atom stereocenters. The first kappa shape index (κ1) is 25.4. The van der Waals surface area contributed by atoms with Gasteiger partial charge in [0.15, 0.2) is 6.73 Å². The van der Waals surface area contributed by atoms with E-state index in [2.05, 4.69) is 5.32 Å².